The highest BCUT2D eigenvalue weighted by molar-refractivity contribution is 5.89. The van der Waals surface area contributed by atoms with Crippen molar-refractivity contribution in [2.24, 2.45) is 7.05 Å². The lowest BCUT2D eigenvalue weighted by Gasteiger charge is -2.30. The number of rotatable bonds is 5. The molecule has 33 heavy (non-hydrogen) atoms. The Morgan fingerprint density at radius 2 is 1.85 bits per heavy atom. The number of hydroxylamine groups is 1. The van der Waals surface area contributed by atoms with Gasteiger partial charge in [0.05, 0.1) is 12.1 Å². The third-order valence-corrected chi connectivity index (χ3v) is 5.20. The first-order chi connectivity index (χ1) is 15.5. The van der Waals surface area contributed by atoms with Crippen LogP contribution >= 0.6 is 0 Å². The van der Waals surface area contributed by atoms with Gasteiger partial charge < -0.3 is 5.32 Å². The summed E-state index contributed by atoms with van der Waals surface area (Å²) in [6.07, 6.45) is 1.75. The van der Waals surface area contributed by atoms with Gasteiger partial charge in [-0.3, -0.25) is 19.6 Å². The van der Waals surface area contributed by atoms with Crippen molar-refractivity contribution in [1.29, 1.82) is 0 Å². The van der Waals surface area contributed by atoms with Gasteiger partial charge in [0.1, 0.15) is 17.0 Å². The van der Waals surface area contributed by atoms with Crippen molar-refractivity contribution < 1.29 is 9.60 Å². The van der Waals surface area contributed by atoms with Crippen LogP contribution in [0, 0.1) is 12.7 Å². The minimum Gasteiger partial charge on any atom is -0.340 e. The molecule has 0 aliphatic heterocycles. The Balaban J connectivity index is 1.90. The normalized spacial score (nSPS) is 11.7. The second-order valence-corrected chi connectivity index (χ2v) is 8.90. The molecule has 0 bridgehead atoms. The van der Waals surface area contributed by atoms with Crippen molar-refractivity contribution in [3.8, 4) is 0 Å². The molecule has 0 atom stereocenters. The molecule has 3 heterocycles. The summed E-state index contributed by atoms with van der Waals surface area (Å²) in [5.41, 5.74) is 1.48. The molecule has 0 radical (unpaired) electrons. The molecule has 0 saturated heterocycles. The molecule has 172 valence electrons. The van der Waals surface area contributed by atoms with E-state index in [2.05, 4.69) is 20.4 Å². The number of aryl methyl sites for hydroxylation is 1. The van der Waals surface area contributed by atoms with Crippen LogP contribution in [0.3, 0.4) is 0 Å². The van der Waals surface area contributed by atoms with Gasteiger partial charge in [0, 0.05) is 24.6 Å². The van der Waals surface area contributed by atoms with Crippen LogP contribution in [0.1, 0.15) is 32.0 Å². The first kappa shape index (κ1) is 22.4. The van der Waals surface area contributed by atoms with Crippen molar-refractivity contribution in [2.75, 3.05) is 10.4 Å². The van der Waals surface area contributed by atoms with Gasteiger partial charge >= 0.3 is 0 Å². The molecule has 3 aromatic heterocycles. The second-order valence-electron chi connectivity index (χ2n) is 8.90. The summed E-state index contributed by atoms with van der Waals surface area (Å²) in [6.45, 7) is 7.63. The smallest absolute Gasteiger partial charge is 0.268 e. The van der Waals surface area contributed by atoms with Gasteiger partial charge in [0.2, 0.25) is 5.95 Å². The zero-order valence-electron chi connectivity index (χ0n) is 19.2. The summed E-state index contributed by atoms with van der Waals surface area (Å²) in [7, 11) is 1.54. The summed E-state index contributed by atoms with van der Waals surface area (Å²) in [6, 6.07) is 9.64. The number of aromatic nitrogens is 5. The van der Waals surface area contributed by atoms with Crippen LogP contribution in [0.25, 0.3) is 11.0 Å². The fourth-order valence-electron chi connectivity index (χ4n) is 3.32. The summed E-state index contributed by atoms with van der Waals surface area (Å²) < 4.78 is 16.3. The maximum absolute atomic E-state index is 13.4. The maximum atomic E-state index is 13.4. The lowest BCUT2D eigenvalue weighted by Crippen LogP contribution is -2.42. The van der Waals surface area contributed by atoms with Gasteiger partial charge in [-0.15, -0.1) is 5.10 Å². The van der Waals surface area contributed by atoms with Crippen molar-refractivity contribution in [3.05, 3.63) is 70.0 Å². The second kappa shape index (κ2) is 8.28. The molecule has 0 unspecified atom stereocenters. The Morgan fingerprint density at radius 1 is 1.15 bits per heavy atom. The fraction of sp³-hybridized carbons (Fsp3) is 0.304. The van der Waals surface area contributed by atoms with Crippen molar-refractivity contribution in [3.63, 3.8) is 0 Å². The molecule has 0 fully saturated rings. The van der Waals surface area contributed by atoms with Crippen LogP contribution < -0.4 is 15.9 Å². The lowest BCUT2D eigenvalue weighted by atomic mass is 10.1. The Bertz CT molecular complexity index is 1350. The van der Waals surface area contributed by atoms with E-state index < -0.39 is 5.54 Å². The van der Waals surface area contributed by atoms with E-state index in [1.807, 2.05) is 19.1 Å². The molecular formula is C23H26FN7O2. The van der Waals surface area contributed by atoms with Crippen LogP contribution in [0.15, 0.2) is 47.4 Å². The lowest BCUT2D eigenvalue weighted by molar-refractivity contribution is 0.172. The Morgan fingerprint density at radius 3 is 2.45 bits per heavy atom. The standard InChI is InChI=1S/C23H26FN7O2/c1-14-6-7-15(12-25-14)13-30-20(26-17-10-8-16(24)9-11-17)18-19(28-30)27-22(29(5)21(18)32)31(33)23(2,3)4/h6-12,26,33H,13H2,1-5H3. The predicted molar refractivity (Wildman–Crippen MR) is 125 cm³/mol. The van der Waals surface area contributed by atoms with E-state index in [-0.39, 0.29) is 28.4 Å². The quantitative estimate of drug-likeness (QED) is 0.446. The van der Waals surface area contributed by atoms with Crippen LogP contribution in [0.2, 0.25) is 0 Å². The van der Waals surface area contributed by atoms with Gasteiger partial charge in [0.25, 0.3) is 5.56 Å². The molecule has 0 saturated carbocycles. The SMILES string of the molecule is Cc1ccc(Cn2nc3nc(N(O)C(C)(C)C)n(C)c(=O)c3c2Nc2ccc(F)cc2)cn1. The zero-order valence-corrected chi connectivity index (χ0v) is 19.2. The van der Waals surface area contributed by atoms with Crippen LogP contribution in [0.4, 0.5) is 21.8 Å². The topological polar surface area (TPSA) is 101 Å². The predicted octanol–water partition coefficient (Wildman–Crippen LogP) is 3.76. The fourth-order valence-corrected chi connectivity index (χ4v) is 3.32. The number of halogens is 1. The van der Waals surface area contributed by atoms with Gasteiger partial charge in [-0.2, -0.15) is 4.98 Å². The Kier molecular flexibility index (Phi) is 5.62. The van der Waals surface area contributed by atoms with Crippen LogP contribution in [-0.2, 0) is 13.6 Å². The monoisotopic (exact) mass is 451 g/mol. The first-order valence-corrected chi connectivity index (χ1v) is 10.5. The molecule has 9 nitrogen and oxygen atoms in total. The van der Waals surface area contributed by atoms with Crippen molar-refractivity contribution in [1.82, 2.24) is 24.3 Å². The number of hydrogen-bond donors (Lipinski definition) is 2. The third-order valence-electron chi connectivity index (χ3n) is 5.20. The molecular weight excluding hydrogens is 425 g/mol. The van der Waals surface area contributed by atoms with Gasteiger partial charge in [0.15, 0.2) is 5.65 Å². The molecule has 10 heteroatoms. The minimum absolute atomic E-state index is 0.0787. The average Bonchev–Trinajstić information content (AvgIpc) is 3.09. The van der Waals surface area contributed by atoms with E-state index in [1.54, 1.807) is 50.8 Å². The summed E-state index contributed by atoms with van der Waals surface area (Å²) in [5.74, 6) is 0.129. The summed E-state index contributed by atoms with van der Waals surface area (Å²) >= 11 is 0. The minimum atomic E-state index is -0.684. The molecule has 0 aliphatic carbocycles. The maximum Gasteiger partial charge on any atom is 0.268 e. The van der Waals surface area contributed by atoms with Crippen molar-refractivity contribution >= 4 is 28.5 Å². The number of anilines is 3. The van der Waals surface area contributed by atoms with Crippen LogP contribution in [0.5, 0.6) is 0 Å². The highest BCUT2D eigenvalue weighted by atomic mass is 19.1. The third kappa shape index (κ3) is 4.42. The molecule has 0 amide bonds. The molecule has 2 N–H and O–H groups in total. The molecule has 0 aliphatic rings. The highest BCUT2D eigenvalue weighted by Gasteiger charge is 2.27. The average molecular weight is 452 g/mol. The van der Waals surface area contributed by atoms with E-state index >= 15 is 0 Å². The van der Waals surface area contributed by atoms with E-state index in [9.17, 15) is 14.4 Å². The van der Waals surface area contributed by atoms with Crippen molar-refractivity contribution in [2.45, 2.75) is 39.8 Å². The number of nitrogens with zero attached hydrogens (tertiary/aromatic N) is 6. The number of fused-ring (bicyclic) bond motifs is 1. The zero-order chi connectivity index (χ0) is 23.9. The van der Waals surface area contributed by atoms with E-state index in [4.69, 9.17) is 0 Å². The van der Waals surface area contributed by atoms with Crippen LogP contribution in [-0.4, -0.2) is 35.1 Å². The number of benzene rings is 1. The Hall–Kier alpha value is -3.79. The molecule has 0 spiro atoms. The highest BCUT2D eigenvalue weighted by Crippen LogP contribution is 2.27. The number of hydrogen-bond acceptors (Lipinski definition) is 7. The number of pyridine rings is 1. The van der Waals surface area contributed by atoms with Gasteiger partial charge in [-0.1, -0.05) is 6.07 Å². The van der Waals surface area contributed by atoms with E-state index in [0.29, 0.717) is 18.1 Å². The summed E-state index contributed by atoms with van der Waals surface area (Å²) in [5, 5.41) is 19.6. The Labute approximate surface area is 190 Å². The first-order valence-electron chi connectivity index (χ1n) is 10.5. The molecule has 1 aromatic carbocycles. The largest absolute Gasteiger partial charge is 0.340 e. The molecule has 4 aromatic rings. The summed E-state index contributed by atoms with van der Waals surface area (Å²) in [4.78, 5) is 22.2. The molecule has 4 rings (SSSR count). The number of nitrogens with one attached hydrogen (secondary N) is 1. The van der Waals surface area contributed by atoms with E-state index in [1.165, 1.54) is 16.7 Å². The van der Waals surface area contributed by atoms with E-state index in [0.717, 1.165) is 16.3 Å². The van der Waals surface area contributed by atoms with Gasteiger partial charge in [-0.05, 0) is 63.6 Å². The van der Waals surface area contributed by atoms with Gasteiger partial charge in [-0.25, -0.2) is 14.1 Å².